The monoisotopic (exact) mass is 503 g/mol. The topological polar surface area (TPSA) is 88.7 Å². The molecule has 1 heterocycles. The number of rotatable bonds is 5. The van der Waals surface area contributed by atoms with Crippen molar-refractivity contribution in [3.8, 4) is 5.75 Å². The Labute approximate surface area is 205 Å². The Hall–Kier alpha value is -2.88. The Morgan fingerprint density at radius 1 is 1.12 bits per heavy atom. The number of methoxy groups -OCH3 is 1. The van der Waals surface area contributed by atoms with Crippen molar-refractivity contribution >= 4 is 67.9 Å². The molecular formula is C23H22ClN3O4S2. The van der Waals surface area contributed by atoms with Crippen LogP contribution >= 0.6 is 35.2 Å². The highest BCUT2D eigenvalue weighted by Crippen LogP contribution is 2.37. The molecule has 0 aliphatic heterocycles. The number of thiophene rings is 1. The van der Waals surface area contributed by atoms with Gasteiger partial charge in [-0.2, -0.15) is 0 Å². The van der Waals surface area contributed by atoms with E-state index in [-0.39, 0.29) is 11.0 Å². The molecule has 0 spiro atoms. The van der Waals surface area contributed by atoms with Gasteiger partial charge < -0.3 is 14.8 Å². The number of carbonyl (C=O) groups is 2. The van der Waals surface area contributed by atoms with Crippen molar-refractivity contribution in [1.29, 1.82) is 0 Å². The highest BCUT2D eigenvalue weighted by atomic mass is 35.5. The van der Waals surface area contributed by atoms with Gasteiger partial charge in [0.2, 0.25) is 0 Å². The van der Waals surface area contributed by atoms with Gasteiger partial charge in [-0.1, -0.05) is 17.7 Å². The molecule has 0 bridgehead atoms. The summed E-state index contributed by atoms with van der Waals surface area (Å²) in [7, 11) is 1.31. The van der Waals surface area contributed by atoms with Crippen LogP contribution in [0, 0.1) is 0 Å². The number of thiocarbonyl (C=S) groups is 1. The molecule has 172 valence electrons. The first kappa shape index (κ1) is 23.3. The zero-order valence-corrected chi connectivity index (χ0v) is 20.4. The van der Waals surface area contributed by atoms with Crippen LogP contribution in [0.25, 0.3) is 10.1 Å². The Kier molecular flexibility index (Phi) is 7.02. The molecule has 3 aromatic rings. The predicted molar refractivity (Wildman–Crippen MR) is 134 cm³/mol. The Morgan fingerprint density at radius 2 is 1.91 bits per heavy atom. The van der Waals surface area contributed by atoms with E-state index >= 15 is 0 Å². The SMILES string of the molecule is COC(=O)c1sc2cc(NC(=S)NNC(=O)[C@@H](C)Oc3ccc4c(c3)CCC4)ccc2c1Cl. The molecule has 1 aliphatic carbocycles. The molecule has 0 fully saturated rings. The number of hydrogen-bond donors (Lipinski definition) is 3. The zero-order valence-electron chi connectivity index (χ0n) is 18.0. The third-order valence-corrected chi connectivity index (χ3v) is 7.15. The first-order chi connectivity index (χ1) is 15.9. The lowest BCUT2D eigenvalue weighted by atomic mass is 10.1. The second kappa shape index (κ2) is 9.94. The first-order valence-corrected chi connectivity index (χ1v) is 11.9. The minimum Gasteiger partial charge on any atom is -0.481 e. The number of carbonyl (C=O) groups excluding carboxylic acids is 2. The number of hydrazine groups is 1. The number of hydrogen-bond acceptors (Lipinski definition) is 6. The highest BCUT2D eigenvalue weighted by Gasteiger charge is 2.19. The van der Waals surface area contributed by atoms with E-state index in [9.17, 15) is 9.59 Å². The van der Waals surface area contributed by atoms with Crippen molar-refractivity contribution in [3.63, 3.8) is 0 Å². The zero-order chi connectivity index (χ0) is 23.5. The molecule has 10 heteroatoms. The van der Waals surface area contributed by atoms with Crippen LogP contribution in [-0.2, 0) is 22.4 Å². The number of halogens is 1. The summed E-state index contributed by atoms with van der Waals surface area (Å²) in [6.07, 6.45) is 2.59. The quantitative estimate of drug-likeness (QED) is 0.266. The fraction of sp³-hybridized carbons (Fsp3) is 0.261. The molecule has 0 saturated carbocycles. The second-order valence-corrected chi connectivity index (χ2v) is 9.40. The average molecular weight is 504 g/mol. The van der Waals surface area contributed by atoms with E-state index in [0.717, 1.165) is 29.3 Å². The molecule has 1 aliphatic rings. The number of fused-ring (bicyclic) bond motifs is 2. The van der Waals surface area contributed by atoms with E-state index in [1.807, 2.05) is 18.2 Å². The van der Waals surface area contributed by atoms with Crippen molar-refractivity contribution in [1.82, 2.24) is 10.9 Å². The van der Waals surface area contributed by atoms with Crippen LogP contribution in [0.15, 0.2) is 36.4 Å². The Balaban J connectivity index is 1.31. The largest absolute Gasteiger partial charge is 0.481 e. The van der Waals surface area contributed by atoms with Crippen molar-refractivity contribution in [3.05, 3.63) is 57.4 Å². The van der Waals surface area contributed by atoms with E-state index < -0.39 is 12.1 Å². The molecule has 0 unspecified atom stereocenters. The van der Waals surface area contributed by atoms with E-state index in [4.69, 9.17) is 33.3 Å². The Bertz CT molecular complexity index is 1240. The van der Waals surface area contributed by atoms with Gasteiger partial charge in [-0.25, -0.2) is 4.79 Å². The summed E-state index contributed by atoms with van der Waals surface area (Å²) in [6.45, 7) is 1.67. The normalized spacial score (nSPS) is 13.2. The lowest BCUT2D eigenvalue weighted by molar-refractivity contribution is -0.127. The molecule has 1 atom stereocenters. The summed E-state index contributed by atoms with van der Waals surface area (Å²) >= 11 is 12.8. The van der Waals surface area contributed by atoms with Crippen LogP contribution in [0.1, 0.15) is 34.1 Å². The number of amides is 1. The number of ether oxygens (including phenoxy) is 2. The van der Waals surface area contributed by atoms with Crippen LogP contribution < -0.4 is 20.9 Å². The smallest absolute Gasteiger partial charge is 0.349 e. The lowest BCUT2D eigenvalue weighted by Gasteiger charge is -2.17. The highest BCUT2D eigenvalue weighted by molar-refractivity contribution is 7.80. The first-order valence-electron chi connectivity index (χ1n) is 10.3. The molecular weight excluding hydrogens is 482 g/mol. The van der Waals surface area contributed by atoms with E-state index in [1.54, 1.807) is 19.1 Å². The van der Waals surface area contributed by atoms with Crippen molar-refractivity contribution in [2.45, 2.75) is 32.3 Å². The van der Waals surface area contributed by atoms with Crippen LogP contribution in [0.5, 0.6) is 5.75 Å². The van der Waals surface area contributed by atoms with E-state index in [0.29, 0.717) is 21.3 Å². The average Bonchev–Trinajstić information content (AvgIpc) is 3.40. The van der Waals surface area contributed by atoms with Gasteiger partial charge in [-0.3, -0.25) is 15.6 Å². The minimum absolute atomic E-state index is 0.197. The fourth-order valence-electron chi connectivity index (χ4n) is 3.63. The standard InChI is InChI=1S/C23H22ClN3O4S2/c1-12(31-16-8-6-13-4-3-5-14(13)10-16)21(28)26-27-23(32)25-15-7-9-17-18(11-15)33-20(19(17)24)22(29)30-2/h6-12H,3-5H2,1-2H3,(H,26,28)(H2,25,27,32)/t12-/m1/s1. The molecule has 7 nitrogen and oxygen atoms in total. The Morgan fingerprint density at radius 3 is 2.70 bits per heavy atom. The van der Waals surface area contributed by atoms with Crippen LogP contribution in [-0.4, -0.2) is 30.2 Å². The molecule has 33 heavy (non-hydrogen) atoms. The molecule has 0 radical (unpaired) electrons. The maximum absolute atomic E-state index is 12.4. The summed E-state index contributed by atoms with van der Waals surface area (Å²) < 4.78 is 11.3. The molecule has 0 saturated heterocycles. The maximum atomic E-state index is 12.4. The number of anilines is 1. The van der Waals surface area contributed by atoms with Gasteiger partial charge in [0, 0.05) is 15.8 Å². The molecule has 1 amide bonds. The summed E-state index contributed by atoms with van der Waals surface area (Å²) in [6, 6.07) is 11.3. The second-order valence-electron chi connectivity index (χ2n) is 7.56. The number of nitrogens with one attached hydrogen (secondary N) is 3. The van der Waals surface area contributed by atoms with Crippen molar-refractivity contribution < 1.29 is 19.1 Å². The van der Waals surface area contributed by atoms with Crippen LogP contribution in [0.2, 0.25) is 5.02 Å². The molecule has 3 N–H and O–H groups in total. The van der Waals surface area contributed by atoms with Crippen molar-refractivity contribution in [2.24, 2.45) is 0 Å². The summed E-state index contributed by atoms with van der Waals surface area (Å²) in [5, 5.41) is 4.30. The number of aryl methyl sites for hydroxylation is 2. The molecule has 4 rings (SSSR count). The third-order valence-electron chi connectivity index (χ3n) is 5.31. The van der Waals surface area contributed by atoms with Gasteiger partial charge in [0.1, 0.15) is 10.6 Å². The van der Waals surface area contributed by atoms with Gasteiger partial charge in [0.25, 0.3) is 5.91 Å². The van der Waals surface area contributed by atoms with E-state index in [2.05, 4.69) is 22.2 Å². The minimum atomic E-state index is -0.707. The predicted octanol–water partition coefficient (Wildman–Crippen LogP) is 4.62. The van der Waals surface area contributed by atoms with Crippen molar-refractivity contribution in [2.75, 3.05) is 12.4 Å². The van der Waals surface area contributed by atoms with Crippen LogP contribution in [0.4, 0.5) is 5.69 Å². The van der Waals surface area contributed by atoms with Crippen LogP contribution in [0.3, 0.4) is 0 Å². The fourth-order valence-corrected chi connectivity index (χ4v) is 5.26. The lowest BCUT2D eigenvalue weighted by Crippen LogP contribution is -2.48. The number of benzene rings is 2. The van der Waals surface area contributed by atoms with Gasteiger partial charge in [-0.15, -0.1) is 11.3 Å². The summed E-state index contributed by atoms with van der Waals surface area (Å²) in [5.74, 6) is -0.164. The summed E-state index contributed by atoms with van der Waals surface area (Å²) in [5.41, 5.74) is 8.53. The van der Waals surface area contributed by atoms with Gasteiger partial charge >= 0.3 is 5.97 Å². The molecule has 1 aromatic heterocycles. The van der Waals surface area contributed by atoms with Gasteiger partial charge in [0.15, 0.2) is 11.2 Å². The molecule has 2 aromatic carbocycles. The van der Waals surface area contributed by atoms with Gasteiger partial charge in [-0.05, 0) is 79.9 Å². The number of esters is 1. The maximum Gasteiger partial charge on any atom is 0.349 e. The summed E-state index contributed by atoms with van der Waals surface area (Å²) in [4.78, 5) is 24.6. The third kappa shape index (κ3) is 5.21. The van der Waals surface area contributed by atoms with Gasteiger partial charge in [0.05, 0.1) is 12.1 Å². The van der Waals surface area contributed by atoms with E-state index in [1.165, 1.54) is 29.6 Å².